The number of hydrogen-bond donors (Lipinski definition) is 0. The van der Waals surface area contributed by atoms with Gasteiger partial charge in [0.15, 0.2) is 9.84 Å². The Hall–Kier alpha value is -2.42. The molecular weight excluding hydrogens is 340 g/mol. The molecule has 3 rings (SSSR count). The number of fused-ring (bicyclic) bond motifs is 1. The molecule has 0 spiro atoms. The van der Waals surface area contributed by atoms with Gasteiger partial charge in [0.25, 0.3) is 5.92 Å². The highest BCUT2D eigenvalue weighted by molar-refractivity contribution is 7.91. The van der Waals surface area contributed by atoms with Gasteiger partial charge < -0.3 is 4.42 Å². The van der Waals surface area contributed by atoms with Gasteiger partial charge in [0.1, 0.15) is 11.2 Å². The Morgan fingerprint density at radius 3 is 2.71 bits per heavy atom. The van der Waals surface area contributed by atoms with E-state index in [1.807, 2.05) is 0 Å². The van der Waals surface area contributed by atoms with Crippen molar-refractivity contribution >= 4 is 21.1 Å². The lowest BCUT2D eigenvalue weighted by atomic mass is 10.2. The zero-order valence-corrected chi connectivity index (χ0v) is 13.6. The second-order valence-corrected chi connectivity index (χ2v) is 7.46. The minimum atomic E-state index is -3.55. The Bertz CT molecular complexity index is 1010. The van der Waals surface area contributed by atoms with E-state index >= 15 is 0 Å². The van der Waals surface area contributed by atoms with Crippen LogP contribution >= 0.6 is 0 Å². The maximum atomic E-state index is 13.4. The van der Waals surface area contributed by atoms with Crippen LogP contribution in [0.3, 0.4) is 0 Å². The van der Waals surface area contributed by atoms with E-state index in [0.717, 1.165) is 19.2 Å². The van der Waals surface area contributed by atoms with Crippen molar-refractivity contribution in [3.05, 3.63) is 36.2 Å². The lowest BCUT2D eigenvalue weighted by Gasteiger charge is -2.08. The molecule has 0 bridgehead atoms. The molecule has 0 radical (unpaired) electrons. The molecule has 0 aliphatic carbocycles. The molecule has 0 atom stereocenters. The van der Waals surface area contributed by atoms with Crippen molar-refractivity contribution in [1.29, 1.82) is 0 Å². The van der Waals surface area contributed by atoms with Crippen LogP contribution in [0.15, 0.2) is 39.9 Å². The van der Waals surface area contributed by atoms with Crippen LogP contribution < -0.4 is 0 Å². The number of sulfone groups is 1. The van der Waals surface area contributed by atoms with Crippen LogP contribution in [-0.4, -0.2) is 29.1 Å². The highest BCUT2D eigenvalue weighted by atomic mass is 32.2. The lowest BCUT2D eigenvalue weighted by Crippen LogP contribution is -2.07. The smallest absolute Gasteiger partial charge is 0.272 e. The number of alkyl halides is 2. The van der Waals surface area contributed by atoms with Crippen molar-refractivity contribution in [1.82, 2.24) is 15.0 Å². The van der Waals surface area contributed by atoms with Crippen molar-refractivity contribution in [2.75, 3.05) is 5.75 Å². The summed E-state index contributed by atoms with van der Waals surface area (Å²) in [5, 5.41) is 0. The second kappa shape index (κ2) is 5.59. The van der Waals surface area contributed by atoms with E-state index in [0.29, 0.717) is 0 Å². The number of aromatic nitrogens is 3. The molecule has 24 heavy (non-hydrogen) atoms. The van der Waals surface area contributed by atoms with E-state index in [2.05, 4.69) is 15.0 Å². The topological polar surface area (TPSA) is 86.0 Å². The Kier molecular flexibility index (Phi) is 3.83. The molecule has 6 nitrogen and oxygen atoms in total. The zero-order valence-electron chi connectivity index (χ0n) is 12.8. The molecule has 0 aromatic carbocycles. The molecular formula is C15H13F2N3O3S. The molecule has 3 heterocycles. The van der Waals surface area contributed by atoms with Crippen molar-refractivity contribution in [3.8, 4) is 11.6 Å². The van der Waals surface area contributed by atoms with Crippen LogP contribution in [0.2, 0.25) is 0 Å². The van der Waals surface area contributed by atoms with E-state index in [1.54, 1.807) is 0 Å². The monoisotopic (exact) mass is 353 g/mol. The fraction of sp³-hybridized carbons (Fsp3) is 0.267. The molecule has 0 saturated heterocycles. The van der Waals surface area contributed by atoms with Crippen molar-refractivity contribution in [3.63, 3.8) is 0 Å². The van der Waals surface area contributed by atoms with Crippen LogP contribution in [-0.2, 0) is 15.8 Å². The standard InChI is InChI=1S/C15H13F2N3O3S/c1-3-24(21,22)11-5-4-6-18-12(11)14-20-10-7-9(15(2,16)17)8-19-13(10)23-14/h4-8H,3H2,1-2H3. The molecule has 0 aliphatic rings. The third-order valence-electron chi connectivity index (χ3n) is 3.44. The van der Waals surface area contributed by atoms with Crippen LogP contribution in [0.4, 0.5) is 8.78 Å². The summed E-state index contributed by atoms with van der Waals surface area (Å²) in [4.78, 5) is 11.9. The first-order chi connectivity index (χ1) is 11.2. The summed E-state index contributed by atoms with van der Waals surface area (Å²) in [6.07, 6.45) is 2.40. The van der Waals surface area contributed by atoms with Gasteiger partial charge in [0.2, 0.25) is 11.6 Å². The number of halogens is 2. The van der Waals surface area contributed by atoms with Crippen LogP contribution in [0.1, 0.15) is 19.4 Å². The predicted octanol–water partition coefficient (Wildman–Crippen LogP) is 3.19. The van der Waals surface area contributed by atoms with Gasteiger partial charge in [0, 0.05) is 24.9 Å². The van der Waals surface area contributed by atoms with E-state index < -0.39 is 15.8 Å². The maximum absolute atomic E-state index is 13.4. The number of pyridine rings is 2. The Morgan fingerprint density at radius 2 is 2.04 bits per heavy atom. The summed E-state index contributed by atoms with van der Waals surface area (Å²) >= 11 is 0. The van der Waals surface area contributed by atoms with Gasteiger partial charge in [0.05, 0.1) is 10.6 Å². The van der Waals surface area contributed by atoms with Crippen LogP contribution in [0.25, 0.3) is 22.8 Å². The molecule has 0 amide bonds. The fourth-order valence-electron chi connectivity index (χ4n) is 2.12. The Labute approximate surface area is 136 Å². The largest absolute Gasteiger partial charge is 0.416 e. The van der Waals surface area contributed by atoms with Gasteiger partial charge >= 0.3 is 0 Å². The summed E-state index contributed by atoms with van der Waals surface area (Å²) in [6, 6.07) is 4.05. The predicted molar refractivity (Wildman–Crippen MR) is 82.3 cm³/mol. The normalized spacial score (nSPS) is 12.7. The Morgan fingerprint density at radius 1 is 1.29 bits per heavy atom. The minimum Gasteiger partial charge on any atom is -0.416 e. The van der Waals surface area contributed by atoms with Gasteiger partial charge in [-0.1, -0.05) is 6.92 Å². The van der Waals surface area contributed by atoms with Crippen LogP contribution in [0.5, 0.6) is 0 Å². The molecule has 0 fully saturated rings. The molecule has 0 aliphatic heterocycles. The van der Waals surface area contributed by atoms with Gasteiger partial charge in [-0.2, -0.15) is 0 Å². The van der Waals surface area contributed by atoms with Crippen molar-refractivity contribution in [2.45, 2.75) is 24.7 Å². The first kappa shape index (κ1) is 16.4. The number of rotatable bonds is 4. The average molecular weight is 353 g/mol. The summed E-state index contributed by atoms with van der Waals surface area (Å²) in [5.41, 5.74) is -0.141. The highest BCUT2D eigenvalue weighted by Gasteiger charge is 2.27. The Balaban J connectivity index is 2.18. The van der Waals surface area contributed by atoms with Crippen molar-refractivity contribution < 1.29 is 21.6 Å². The van der Waals surface area contributed by atoms with E-state index in [-0.39, 0.29) is 39.0 Å². The number of oxazole rings is 1. The molecule has 0 N–H and O–H groups in total. The van der Waals surface area contributed by atoms with E-state index in [1.165, 1.54) is 25.3 Å². The third kappa shape index (κ3) is 2.86. The molecule has 3 aromatic heterocycles. The van der Waals surface area contributed by atoms with E-state index in [9.17, 15) is 17.2 Å². The SMILES string of the molecule is CCS(=O)(=O)c1cccnc1-c1nc2cc(C(C)(F)F)cnc2o1. The van der Waals surface area contributed by atoms with E-state index in [4.69, 9.17) is 4.42 Å². The summed E-state index contributed by atoms with van der Waals surface area (Å²) < 4.78 is 56.5. The third-order valence-corrected chi connectivity index (χ3v) is 5.20. The van der Waals surface area contributed by atoms with Gasteiger partial charge in [-0.3, -0.25) is 0 Å². The van der Waals surface area contributed by atoms with Gasteiger partial charge in [-0.15, -0.1) is 0 Å². The quantitative estimate of drug-likeness (QED) is 0.716. The summed E-state index contributed by atoms with van der Waals surface area (Å²) in [5.74, 6) is -3.26. The number of hydrogen-bond acceptors (Lipinski definition) is 6. The van der Waals surface area contributed by atoms with Gasteiger partial charge in [-0.25, -0.2) is 32.2 Å². The lowest BCUT2D eigenvalue weighted by molar-refractivity contribution is 0.0172. The highest BCUT2D eigenvalue weighted by Crippen LogP contribution is 2.31. The van der Waals surface area contributed by atoms with Crippen LogP contribution in [0, 0.1) is 0 Å². The molecule has 0 saturated carbocycles. The molecule has 9 heteroatoms. The first-order valence-electron chi connectivity index (χ1n) is 7.05. The number of nitrogens with zero attached hydrogens (tertiary/aromatic N) is 3. The maximum Gasteiger partial charge on any atom is 0.272 e. The summed E-state index contributed by atoms with van der Waals surface area (Å²) in [6.45, 7) is 2.26. The molecule has 0 unspecified atom stereocenters. The fourth-order valence-corrected chi connectivity index (χ4v) is 3.15. The summed E-state index contributed by atoms with van der Waals surface area (Å²) in [7, 11) is -3.55. The minimum absolute atomic E-state index is 0.0277. The second-order valence-electron chi connectivity index (χ2n) is 5.21. The van der Waals surface area contributed by atoms with Gasteiger partial charge in [-0.05, 0) is 18.2 Å². The zero-order chi connectivity index (χ0) is 17.5. The van der Waals surface area contributed by atoms with Crippen molar-refractivity contribution in [2.24, 2.45) is 0 Å². The molecule has 3 aromatic rings. The first-order valence-corrected chi connectivity index (χ1v) is 8.70. The molecule has 126 valence electrons. The average Bonchev–Trinajstić information content (AvgIpc) is 2.97.